The molecule has 0 bridgehead atoms. The molecule has 8 nitrogen and oxygen atoms in total. The van der Waals surface area contributed by atoms with Gasteiger partial charge in [0.15, 0.2) is 0 Å². The van der Waals surface area contributed by atoms with Gasteiger partial charge in [-0.1, -0.05) is 44.0 Å². The Morgan fingerprint density at radius 3 is 1.97 bits per heavy atom. The fraction of sp³-hybridized carbons (Fsp3) is 0.385. The zero-order chi connectivity index (χ0) is 26.7. The molecule has 0 fully saturated rings. The number of nitrogens with zero attached hydrogens (tertiary/aromatic N) is 4. The van der Waals surface area contributed by atoms with E-state index in [1.54, 1.807) is 15.6 Å². The summed E-state index contributed by atoms with van der Waals surface area (Å²) in [5, 5.41) is 10.5. The van der Waals surface area contributed by atoms with E-state index in [0.29, 0.717) is 0 Å². The number of rotatable bonds is 4. The standard InChI is InChI=1S/2C13H15BrN2O2/c1-13(2,3)18-12(17)8-16-7-9-10(14)5-4-6-11(9)15-16;1-13(2,3)18-12(17)8-16-11-6-4-5-10(14)9(11)7-15-16/h2*4-7H,8H2,1-3H3. The minimum atomic E-state index is -0.472. The molecule has 4 rings (SSSR count). The molecule has 2 aromatic heterocycles. The van der Waals surface area contributed by atoms with Gasteiger partial charge in [-0.05, 0) is 65.8 Å². The van der Waals surface area contributed by atoms with E-state index in [1.165, 1.54) is 0 Å². The Balaban J connectivity index is 0.000000201. The average molecular weight is 622 g/mol. The number of esters is 2. The molecule has 36 heavy (non-hydrogen) atoms. The first kappa shape index (κ1) is 27.9. The second-order valence-corrected chi connectivity index (χ2v) is 11.9. The Morgan fingerprint density at radius 2 is 1.39 bits per heavy atom. The van der Waals surface area contributed by atoms with E-state index in [9.17, 15) is 9.59 Å². The van der Waals surface area contributed by atoms with Crippen LogP contribution < -0.4 is 0 Å². The smallest absolute Gasteiger partial charge is 0.328 e. The predicted octanol–water partition coefficient (Wildman–Crippen LogP) is 6.28. The molecule has 2 heterocycles. The first-order valence-electron chi connectivity index (χ1n) is 11.4. The summed E-state index contributed by atoms with van der Waals surface area (Å²) in [5.41, 5.74) is 0.827. The molecule has 0 saturated heterocycles. The lowest BCUT2D eigenvalue weighted by Gasteiger charge is -2.19. The molecule has 0 spiro atoms. The van der Waals surface area contributed by atoms with Gasteiger partial charge in [0.2, 0.25) is 0 Å². The normalized spacial score (nSPS) is 11.8. The summed E-state index contributed by atoms with van der Waals surface area (Å²) in [6.07, 6.45) is 3.58. The number of halogens is 2. The van der Waals surface area contributed by atoms with E-state index in [2.05, 4.69) is 42.1 Å². The summed E-state index contributed by atoms with van der Waals surface area (Å²) in [5.74, 6) is -0.570. The summed E-state index contributed by atoms with van der Waals surface area (Å²) >= 11 is 6.91. The van der Waals surface area contributed by atoms with Gasteiger partial charge in [0.05, 0.1) is 17.2 Å². The van der Waals surface area contributed by atoms with E-state index in [0.717, 1.165) is 30.8 Å². The van der Waals surface area contributed by atoms with Gasteiger partial charge >= 0.3 is 11.9 Å². The summed E-state index contributed by atoms with van der Waals surface area (Å²) in [6.45, 7) is 11.3. The van der Waals surface area contributed by atoms with E-state index < -0.39 is 11.2 Å². The van der Waals surface area contributed by atoms with E-state index in [1.807, 2.05) is 84.1 Å². The first-order valence-corrected chi connectivity index (χ1v) is 13.0. The van der Waals surface area contributed by atoms with Gasteiger partial charge in [-0.2, -0.15) is 10.2 Å². The monoisotopic (exact) mass is 620 g/mol. The molecular formula is C26H30Br2N4O4. The SMILES string of the molecule is CC(C)(C)OC(=O)Cn1cc2c(Br)cccc2n1.CC(C)(C)OC(=O)Cn1ncc2c(Br)cccc21. The van der Waals surface area contributed by atoms with Crippen LogP contribution in [0.2, 0.25) is 0 Å². The Morgan fingerprint density at radius 1 is 0.833 bits per heavy atom. The topological polar surface area (TPSA) is 88.2 Å². The number of carbonyl (C=O) groups is 2. The Kier molecular flexibility index (Phi) is 8.61. The van der Waals surface area contributed by atoms with E-state index in [4.69, 9.17) is 9.47 Å². The lowest BCUT2D eigenvalue weighted by Crippen LogP contribution is -2.26. The van der Waals surface area contributed by atoms with Gasteiger partial charge in [0.1, 0.15) is 24.3 Å². The van der Waals surface area contributed by atoms with Crippen molar-refractivity contribution in [3.8, 4) is 0 Å². The summed E-state index contributed by atoms with van der Waals surface area (Å²) in [6, 6.07) is 11.6. The van der Waals surface area contributed by atoms with Gasteiger partial charge < -0.3 is 9.47 Å². The summed E-state index contributed by atoms with van der Waals surface area (Å²) in [7, 11) is 0. The van der Waals surface area contributed by atoms with Crippen molar-refractivity contribution >= 4 is 65.6 Å². The largest absolute Gasteiger partial charge is 0.459 e. The highest BCUT2D eigenvalue weighted by Gasteiger charge is 2.18. The van der Waals surface area contributed by atoms with Gasteiger partial charge in [0.25, 0.3) is 0 Å². The van der Waals surface area contributed by atoms with Crippen LogP contribution in [-0.2, 0) is 32.2 Å². The maximum absolute atomic E-state index is 11.8. The molecule has 192 valence electrons. The van der Waals surface area contributed by atoms with Crippen molar-refractivity contribution in [3.63, 3.8) is 0 Å². The molecule has 0 aliphatic rings. The van der Waals surface area contributed by atoms with Crippen molar-refractivity contribution in [2.75, 3.05) is 0 Å². The number of carbonyl (C=O) groups excluding carboxylic acids is 2. The molecule has 10 heteroatoms. The van der Waals surface area contributed by atoms with Crippen LogP contribution in [0.3, 0.4) is 0 Å². The number of aromatic nitrogens is 4. The zero-order valence-electron chi connectivity index (χ0n) is 21.2. The quantitative estimate of drug-likeness (QED) is 0.249. The van der Waals surface area contributed by atoms with Crippen LogP contribution in [0.25, 0.3) is 21.8 Å². The fourth-order valence-corrected chi connectivity index (χ4v) is 4.25. The Labute approximate surface area is 227 Å². The number of fused-ring (bicyclic) bond motifs is 2. The van der Waals surface area contributed by atoms with Gasteiger partial charge in [-0.15, -0.1) is 0 Å². The van der Waals surface area contributed by atoms with Crippen LogP contribution >= 0.6 is 31.9 Å². The van der Waals surface area contributed by atoms with Crippen LogP contribution in [0.4, 0.5) is 0 Å². The maximum Gasteiger partial charge on any atom is 0.328 e. The molecular weight excluding hydrogens is 592 g/mol. The molecule has 0 radical (unpaired) electrons. The Hall–Kier alpha value is -2.72. The highest BCUT2D eigenvalue weighted by Crippen LogP contribution is 2.24. The third-order valence-electron chi connectivity index (χ3n) is 4.59. The number of hydrogen-bond acceptors (Lipinski definition) is 6. The summed E-state index contributed by atoms with van der Waals surface area (Å²) < 4.78 is 15.7. The maximum atomic E-state index is 11.8. The average Bonchev–Trinajstić information content (AvgIpc) is 3.31. The number of ether oxygens (including phenoxy) is 2. The van der Waals surface area contributed by atoms with Crippen molar-refractivity contribution in [2.45, 2.75) is 65.8 Å². The van der Waals surface area contributed by atoms with Crippen LogP contribution in [0.15, 0.2) is 57.7 Å². The molecule has 0 unspecified atom stereocenters. The van der Waals surface area contributed by atoms with Crippen LogP contribution in [0.1, 0.15) is 41.5 Å². The van der Waals surface area contributed by atoms with Crippen LogP contribution in [0, 0.1) is 0 Å². The van der Waals surface area contributed by atoms with Crippen molar-refractivity contribution < 1.29 is 19.1 Å². The highest BCUT2D eigenvalue weighted by atomic mass is 79.9. The minimum absolute atomic E-state index is 0.122. The molecule has 4 aromatic rings. The lowest BCUT2D eigenvalue weighted by molar-refractivity contribution is -0.156. The van der Waals surface area contributed by atoms with E-state index in [-0.39, 0.29) is 25.0 Å². The lowest BCUT2D eigenvalue weighted by atomic mass is 10.2. The zero-order valence-corrected chi connectivity index (χ0v) is 24.4. The molecule has 2 aromatic carbocycles. The second kappa shape index (κ2) is 11.1. The molecule has 0 saturated carbocycles. The Bertz CT molecular complexity index is 1370. The predicted molar refractivity (Wildman–Crippen MR) is 147 cm³/mol. The fourth-order valence-electron chi connectivity index (χ4n) is 3.33. The number of hydrogen-bond donors (Lipinski definition) is 0. The van der Waals surface area contributed by atoms with Gasteiger partial charge in [0, 0.05) is 25.9 Å². The van der Waals surface area contributed by atoms with Crippen molar-refractivity contribution in [3.05, 3.63) is 57.7 Å². The van der Waals surface area contributed by atoms with Crippen molar-refractivity contribution in [1.82, 2.24) is 19.6 Å². The third-order valence-corrected chi connectivity index (χ3v) is 5.97. The van der Waals surface area contributed by atoms with Crippen LogP contribution in [-0.4, -0.2) is 42.7 Å². The highest BCUT2D eigenvalue weighted by molar-refractivity contribution is 9.11. The molecule has 0 N–H and O–H groups in total. The van der Waals surface area contributed by atoms with Gasteiger partial charge in [-0.3, -0.25) is 19.0 Å². The van der Waals surface area contributed by atoms with E-state index >= 15 is 0 Å². The number of benzene rings is 2. The van der Waals surface area contributed by atoms with Crippen LogP contribution in [0.5, 0.6) is 0 Å². The molecule has 0 amide bonds. The molecule has 0 atom stereocenters. The third kappa shape index (κ3) is 7.89. The summed E-state index contributed by atoms with van der Waals surface area (Å²) in [4.78, 5) is 23.5. The molecule has 0 aliphatic carbocycles. The first-order chi connectivity index (χ1) is 16.7. The van der Waals surface area contributed by atoms with Crippen molar-refractivity contribution in [2.24, 2.45) is 0 Å². The molecule has 0 aliphatic heterocycles. The second-order valence-electron chi connectivity index (χ2n) is 10.1. The van der Waals surface area contributed by atoms with Crippen molar-refractivity contribution in [1.29, 1.82) is 0 Å². The minimum Gasteiger partial charge on any atom is -0.459 e. The van der Waals surface area contributed by atoms with Gasteiger partial charge in [-0.25, -0.2) is 0 Å².